The minimum atomic E-state index is -0.532. The molecular formula is C24H40O4. The molecular weight excluding hydrogens is 352 g/mol. The van der Waals surface area contributed by atoms with Crippen molar-refractivity contribution in [2.75, 3.05) is 20.8 Å². The number of ether oxygens (including phenoxy) is 3. The third-order valence-electron chi connectivity index (χ3n) is 5.39. The maximum atomic E-state index is 11.6. The van der Waals surface area contributed by atoms with E-state index in [0.717, 1.165) is 38.5 Å². The van der Waals surface area contributed by atoms with E-state index in [1.807, 2.05) is 0 Å². The van der Waals surface area contributed by atoms with E-state index in [1.54, 1.807) is 14.2 Å². The zero-order valence-corrected chi connectivity index (χ0v) is 18.8. The first-order valence-corrected chi connectivity index (χ1v) is 10.5. The molecule has 0 bridgehead atoms. The predicted octanol–water partition coefficient (Wildman–Crippen LogP) is 5.92. The van der Waals surface area contributed by atoms with Crippen molar-refractivity contribution >= 4 is 5.78 Å². The fraction of sp³-hybridized carbons (Fsp3) is 0.708. The molecule has 1 fully saturated rings. The summed E-state index contributed by atoms with van der Waals surface area (Å²) in [6, 6.07) is 0. The topological polar surface area (TPSA) is 44.8 Å². The van der Waals surface area contributed by atoms with E-state index < -0.39 is 11.9 Å². The van der Waals surface area contributed by atoms with Crippen molar-refractivity contribution in [1.82, 2.24) is 0 Å². The summed E-state index contributed by atoms with van der Waals surface area (Å²) in [6.07, 6.45) is 13.8. The maximum absolute atomic E-state index is 11.6. The lowest BCUT2D eigenvalue weighted by molar-refractivity contribution is -0.245. The van der Waals surface area contributed by atoms with Gasteiger partial charge in [-0.3, -0.25) is 4.79 Å². The van der Waals surface area contributed by atoms with Crippen LogP contribution in [0.3, 0.4) is 0 Å². The van der Waals surface area contributed by atoms with E-state index in [9.17, 15) is 4.79 Å². The highest BCUT2D eigenvalue weighted by Crippen LogP contribution is 2.34. The first kappa shape index (κ1) is 24.8. The summed E-state index contributed by atoms with van der Waals surface area (Å²) in [7, 11) is 3.26. The van der Waals surface area contributed by atoms with Gasteiger partial charge in [0, 0.05) is 20.6 Å². The monoisotopic (exact) mass is 392 g/mol. The summed E-state index contributed by atoms with van der Waals surface area (Å²) in [4.78, 5) is 11.6. The molecule has 1 saturated heterocycles. The van der Waals surface area contributed by atoms with E-state index >= 15 is 0 Å². The van der Waals surface area contributed by atoms with Gasteiger partial charge in [-0.2, -0.15) is 0 Å². The quantitative estimate of drug-likeness (QED) is 0.305. The molecule has 0 saturated carbocycles. The Morgan fingerprint density at radius 1 is 1.00 bits per heavy atom. The average Bonchev–Trinajstić information content (AvgIpc) is 2.64. The Bertz CT molecular complexity index is 553. The number of hydrogen-bond acceptors (Lipinski definition) is 4. The fourth-order valence-electron chi connectivity index (χ4n) is 3.65. The van der Waals surface area contributed by atoms with Crippen molar-refractivity contribution in [3.05, 3.63) is 34.9 Å². The van der Waals surface area contributed by atoms with Crippen LogP contribution in [0.2, 0.25) is 0 Å². The predicted molar refractivity (Wildman–Crippen MR) is 115 cm³/mol. The highest BCUT2D eigenvalue weighted by molar-refractivity contribution is 5.80. The molecule has 0 aliphatic carbocycles. The minimum absolute atomic E-state index is 0.153. The van der Waals surface area contributed by atoms with Crippen molar-refractivity contribution < 1.29 is 19.0 Å². The molecule has 160 valence electrons. The van der Waals surface area contributed by atoms with Crippen molar-refractivity contribution in [1.29, 1.82) is 0 Å². The zero-order valence-electron chi connectivity index (χ0n) is 18.8. The van der Waals surface area contributed by atoms with Gasteiger partial charge in [0.15, 0.2) is 12.1 Å². The summed E-state index contributed by atoms with van der Waals surface area (Å²) in [5, 5.41) is 0. The van der Waals surface area contributed by atoms with Crippen molar-refractivity contribution in [3.63, 3.8) is 0 Å². The second kappa shape index (κ2) is 13.1. The fourth-order valence-corrected chi connectivity index (χ4v) is 3.65. The molecule has 1 unspecified atom stereocenters. The summed E-state index contributed by atoms with van der Waals surface area (Å²) in [5.74, 6) is 0.153. The number of ketones is 1. The van der Waals surface area contributed by atoms with Gasteiger partial charge in [0.1, 0.15) is 12.2 Å². The van der Waals surface area contributed by atoms with Gasteiger partial charge in [0.05, 0.1) is 0 Å². The van der Waals surface area contributed by atoms with Gasteiger partial charge in [-0.15, -0.1) is 0 Å². The molecule has 1 atom stereocenters. The highest BCUT2D eigenvalue weighted by Gasteiger charge is 2.43. The molecule has 0 amide bonds. The third-order valence-corrected chi connectivity index (χ3v) is 5.39. The zero-order chi connectivity index (χ0) is 21.0. The first-order valence-electron chi connectivity index (χ1n) is 10.5. The van der Waals surface area contributed by atoms with E-state index in [0.29, 0.717) is 12.8 Å². The molecule has 4 heteroatoms. The normalized spacial score (nSPS) is 21.3. The number of allylic oxidation sites excluding steroid dienone is 6. The Labute approximate surface area is 172 Å². The lowest BCUT2D eigenvalue weighted by atomic mass is 9.87. The van der Waals surface area contributed by atoms with Gasteiger partial charge in [-0.05, 0) is 72.6 Å². The van der Waals surface area contributed by atoms with Crippen LogP contribution in [0.15, 0.2) is 34.9 Å². The van der Waals surface area contributed by atoms with Crippen LogP contribution in [0.4, 0.5) is 0 Å². The standard InChI is InChI=1S/C24H40O4/c1-19(2)10-7-11-20(3)12-8-13-21(4)14-9-16-24(23(26-5)27-6)17-15-22(25)18-28-24/h10,12,14,23H,7-9,11,13,15-18H2,1-6H3/b20-12+,21-14+. The second-order valence-electron chi connectivity index (χ2n) is 8.19. The van der Waals surface area contributed by atoms with Gasteiger partial charge in [0.25, 0.3) is 0 Å². The smallest absolute Gasteiger partial charge is 0.185 e. The number of hydrogen-bond donors (Lipinski definition) is 0. The number of rotatable bonds is 12. The number of methoxy groups -OCH3 is 2. The SMILES string of the molecule is COC(OC)C1(CC/C=C(\C)CC/C=C(\C)CCC=C(C)C)CCC(=O)CO1. The van der Waals surface area contributed by atoms with Crippen LogP contribution < -0.4 is 0 Å². The Morgan fingerprint density at radius 3 is 2.07 bits per heavy atom. The average molecular weight is 393 g/mol. The molecule has 28 heavy (non-hydrogen) atoms. The molecule has 0 aromatic rings. The molecule has 0 N–H and O–H groups in total. The van der Waals surface area contributed by atoms with E-state index in [1.165, 1.54) is 16.7 Å². The second-order valence-corrected chi connectivity index (χ2v) is 8.19. The first-order chi connectivity index (χ1) is 13.3. The van der Waals surface area contributed by atoms with Gasteiger partial charge in [0.2, 0.25) is 0 Å². The molecule has 0 radical (unpaired) electrons. The Balaban J connectivity index is 2.49. The van der Waals surface area contributed by atoms with Crippen molar-refractivity contribution in [3.8, 4) is 0 Å². The van der Waals surface area contributed by atoms with E-state index in [2.05, 4.69) is 45.9 Å². The number of Topliss-reactive ketones (excluding diaryl/α,β-unsaturated/α-hetero) is 1. The van der Waals surface area contributed by atoms with Crippen LogP contribution in [0.25, 0.3) is 0 Å². The molecule has 1 rings (SSSR count). The minimum Gasteiger partial charge on any atom is -0.362 e. The Morgan fingerprint density at radius 2 is 1.57 bits per heavy atom. The number of carbonyl (C=O) groups is 1. The maximum Gasteiger partial charge on any atom is 0.185 e. The Hall–Kier alpha value is -1.23. The molecule has 0 aromatic carbocycles. The molecule has 1 aliphatic rings. The summed E-state index contributed by atoms with van der Waals surface area (Å²) >= 11 is 0. The Kier molecular flexibility index (Phi) is 11.6. The summed E-state index contributed by atoms with van der Waals surface area (Å²) in [5.41, 5.74) is 3.71. The van der Waals surface area contributed by atoms with Gasteiger partial charge < -0.3 is 14.2 Å². The molecule has 4 nitrogen and oxygen atoms in total. The van der Waals surface area contributed by atoms with Gasteiger partial charge in [-0.1, -0.05) is 34.9 Å². The van der Waals surface area contributed by atoms with Crippen LogP contribution in [0.5, 0.6) is 0 Å². The van der Waals surface area contributed by atoms with Crippen molar-refractivity contribution in [2.24, 2.45) is 0 Å². The van der Waals surface area contributed by atoms with Crippen LogP contribution in [-0.4, -0.2) is 38.5 Å². The lowest BCUT2D eigenvalue weighted by Crippen LogP contribution is -2.50. The van der Waals surface area contributed by atoms with Crippen LogP contribution in [0.1, 0.15) is 79.1 Å². The molecule has 0 aromatic heterocycles. The summed E-state index contributed by atoms with van der Waals surface area (Å²) < 4.78 is 16.9. The largest absolute Gasteiger partial charge is 0.362 e. The van der Waals surface area contributed by atoms with Crippen LogP contribution in [-0.2, 0) is 19.0 Å². The van der Waals surface area contributed by atoms with Crippen LogP contribution >= 0.6 is 0 Å². The van der Waals surface area contributed by atoms with E-state index in [4.69, 9.17) is 14.2 Å². The number of carbonyl (C=O) groups excluding carboxylic acids is 1. The molecule has 0 spiro atoms. The molecule has 1 aliphatic heterocycles. The van der Waals surface area contributed by atoms with Gasteiger partial charge >= 0.3 is 0 Å². The molecule has 1 heterocycles. The van der Waals surface area contributed by atoms with E-state index in [-0.39, 0.29) is 12.4 Å². The third kappa shape index (κ3) is 8.85. The lowest BCUT2D eigenvalue weighted by Gasteiger charge is -2.41. The van der Waals surface area contributed by atoms with Crippen LogP contribution in [0, 0.1) is 0 Å². The van der Waals surface area contributed by atoms with Crippen molar-refractivity contribution in [2.45, 2.75) is 91.0 Å². The highest BCUT2D eigenvalue weighted by atomic mass is 16.7. The van der Waals surface area contributed by atoms with Gasteiger partial charge in [-0.25, -0.2) is 0 Å². The summed E-state index contributed by atoms with van der Waals surface area (Å²) in [6.45, 7) is 8.86.